The van der Waals surface area contributed by atoms with E-state index >= 15 is 0 Å². The van der Waals surface area contributed by atoms with Gasteiger partial charge in [0.05, 0.1) is 6.04 Å². The predicted octanol–water partition coefficient (Wildman–Crippen LogP) is 4.52. The van der Waals surface area contributed by atoms with Crippen molar-refractivity contribution in [3.8, 4) is 0 Å². The third-order valence-corrected chi connectivity index (χ3v) is 4.85. The number of Topliss-reactive ketones (excluding diaryl/α,β-unsaturated/α-hetero) is 1. The van der Waals surface area contributed by atoms with Gasteiger partial charge in [0, 0.05) is 17.8 Å². The number of aryl methyl sites for hydroxylation is 1. The van der Waals surface area contributed by atoms with Gasteiger partial charge in [-0.3, -0.25) is 9.69 Å². The molecule has 1 aliphatic rings. The Morgan fingerprint density at radius 3 is 2.57 bits per heavy atom. The normalized spacial score (nSPS) is 15.1. The van der Waals surface area contributed by atoms with Gasteiger partial charge in [0.1, 0.15) is 0 Å². The first kappa shape index (κ1) is 18.0. The van der Waals surface area contributed by atoms with Crippen LogP contribution >= 0.6 is 0 Å². The summed E-state index contributed by atoms with van der Waals surface area (Å²) < 4.78 is 0. The van der Waals surface area contributed by atoms with Crippen LogP contribution in [0, 0.1) is 0 Å². The molecule has 1 unspecified atom stereocenters. The summed E-state index contributed by atoms with van der Waals surface area (Å²) in [6, 6.07) is 6.16. The van der Waals surface area contributed by atoms with E-state index in [4.69, 9.17) is 0 Å². The summed E-state index contributed by atoms with van der Waals surface area (Å²) in [6.07, 6.45) is 6.90. The Morgan fingerprint density at radius 2 is 1.91 bits per heavy atom. The number of anilines is 1. The molecule has 1 heterocycles. The van der Waals surface area contributed by atoms with Gasteiger partial charge in [-0.1, -0.05) is 26.7 Å². The Kier molecular flexibility index (Phi) is 7.10. The second kappa shape index (κ2) is 9.07. The molecular weight excluding hydrogens is 284 g/mol. The van der Waals surface area contributed by atoms with Gasteiger partial charge in [-0.15, -0.1) is 0 Å². The minimum Gasteiger partial charge on any atom is -0.385 e. The maximum atomic E-state index is 12.9. The molecule has 1 atom stereocenters. The van der Waals surface area contributed by atoms with Gasteiger partial charge < -0.3 is 5.32 Å². The molecule has 23 heavy (non-hydrogen) atoms. The number of nitrogens with zero attached hydrogens (tertiary/aromatic N) is 1. The van der Waals surface area contributed by atoms with Crippen LogP contribution in [-0.2, 0) is 6.42 Å². The monoisotopic (exact) mass is 316 g/mol. The van der Waals surface area contributed by atoms with Crippen LogP contribution in [0.25, 0.3) is 0 Å². The Bertz CT molecular complexity index is 504. The van der Waals surface area contributed by atoms with Crippen LogP contribution < -0.4 is 5.32 Å². The molecule has 0 spiro atoms. The lowest BCUT2D eigenvalue weighted by Crippen LogP contribution is -2.40. The summed E-state index contributed by atoms with van der Waals surface area (Å²) >= 11 is 0. The van der Waals surface area contributed by atoms with Crippen molar-refractivity contribution in [3.05, 3.63) is 29.3 Å². The third-order valence-electron chi connectivity index (χ3n) is 4.85. The first-order chi connectivity index (χ1) is 11.2. The first-order valence-electron chi connectivity index (χ1n) is 9.32. The highest BCUT2D eigenvalue weighted by molar-refractivity contribution is 6.00. The summed E-state index contributed by atoms with van der Waals surface area (Å²) in [6.45, 7) is 9.58. The number of unbranched alkanes of at least 4 members (excludes halogenated alkanes) is 2. The van der Waals surface area contributed by atoms with Crippen LogP contribution in [0.15, 0.2) is 18.2 Å². The van der Waals surface area contributed by atoms with E-state index in [1.54, 1.807) is 0 Å². The molecule has 0 saturated heterocycles. The molecule has 0 saturated carbocycles. The fourth-order valence-corrected chi connectivity index (χ4v) is 3.26. The highest BCUT2D eigenvalue weighted by Gasteiger charge is 2.22. The van der Waals surface area contributed by atoms with Crippen LogP contribution in [0.4, 0.5) is 5.69 Å². The van der Waals surface area contributed by atoms with Crippen LogP contribution in [0.5, 0.6) is 0 Å². The van der Waals surface area contributed by atoms with Gasteiger partial charge in [0.15, 0.2) is 5.78 Å². The molecule has 128 valence electrons. The SMILES string of the molecule is CCCCN(CCCC)C(C)C(=O)c1ccc2c(c1)CCCN2. The lowest BCUT2D eigenvalue weighted by molar-refractivity contribution is 0.0833. The van der Waals surface area contributed by atoms with Crippen LogP contribution in [0.2, 0.25) is 0 Å². The lowest BCUT2D eigenvalue weighted by atomic mass is 9.96. The Hall–Kier alpha value is -1.35. The molecule has 0 radical (unpaired) electrons. The van der Waals surface area contributed by atoms with Gasteiger partial charge in [-0.2, -0.15) is 0 Å². The molecular formula is C20H32N2O. The minimum atomic E-state index is -0.0253. The first-order valence-corrected chi connectivity index (χ1v) is 9.32. The smallest absolute Gasteiger partial charge is 0.179 e. The zero-order valence-corrected chi connectivity index (χ0v) is 15.0. The zero-order chi connectivity index (χ0) is 16.7. The van der Waals surface area contributed by atoms with E-state index in [9.17, 15) is 4.79 Å². The third kappa shape index (κ3) is 4.81. The van der Waals surface area contributed by atoms with Gasteiger partial charge >= 0.3 is 0 Å². The van der Waals surface area contributed by atoms with Crippen molar-refractivity contribution < 1.29 is 4.79 Å². The van der Waals surface area contributed by atoms with Crippen LogP contribution in [-0.4, -0.2) is 36.4 Å². The Labute approximate surface area is 141 Å². The van der Waals surface area contributed by atoms with Crippen molar-refractivity contribution in [2.24, 2.45) is 0 Å². The average Bonchev–Trinajstić information content (AvgIpc) is 2.60. The summed E-state index contributed by atoms with van der Waals surface area (Å²) in [4.78, 5) is 15.3. The number of carbonyl (C=O) groups is 1. The topological polar surface area (TPSA) is 32.3 Å². The van der Waals surface area contributed by atoms with E-state index in [0.29, 0.717) is 0 Å². The number of hydrogen-bond donors (Lipinski definition) is 1. The molecule has 0 amide bonds. The predicted molar refractivity (Wildman–Crippen MR) is 98.4 cm³/mol. The van der Waals surface area contributed by atoms with E-state index < -0.39 is 0 Å². The maximum Gasteiger partial charge on any atom is 0.179 e. The van der Waals surface area contributed by atoms with Crippen molar-refractivity contribution in [1.82, 2.24) is 4.90 Å². The lowest BCUT2D eigenvalue weighted by Gasteiger charge is -2.28. The quantitative estimate of drug-likeness (QED) is 0.680. The number of benzene rings is 1. The molecule has 0 aliphatic carbocycles. The largest absolute Gasteiger partial charge is 0.385 e. The number of rotatable bonds is 9. The fourth-order valence-electron chi connectivity index (χ4n) is 3.26. The van der Waals surface area contributed by atoms with Crippen molar-refractivity contribution in [1.29, 1.82) is 0 Å². The molecule has 0 fully saturated rings. The highest BCUT2D eigenvalue weighted by atomic mass is 16.1. The molecule has 0 bridgehead atoms. The maximum absolute atomic E-state index is 12.9. The molecule has 1 aromatic carbocycles. The van der Waals surface area contributed by atoms with E-state index in [0.717, 1.165) is 50.9 Å². The van der Waals surface area contributed by atoms with Crippen LogP contribution in [0.3, 0.4) is 0 Å². The standard InChI is InChI=1S/C20H32N2O/c1-4-6-13-22(14-7-5-2)16(3)20(23)18-10-11-19-17(15-18)9-8-12-21-19/h10-11,15-16,21H,4-9,12-14H2,1-3H3. The van der Waals surface area contributed by atoms with E-state index in [1.807, 2.05) is 6.07 Å². The molecule has 0 aromatic heterocycles. The number of fused-ring (bicyclic) bond motifs is 1. The van der Waals surface area contributed by atoms with Crippen molar-refractivity contribution in [2.75, 3.05) is 25.0 Å². The van der Waals surface area contributed by atoms with Gasteiger partial charge in [-0.25, -0.2) is 0 Å². The van der Waals surface area contributed by atoms with E-state index in [-0.39, 0.29) is 11.8 Å². The molecule has 1 aliphatic heterocycles. The number of carbonyl (C=O) groups excluding carboxylic acids is 1. The average molecular weight is 316 g/mol. The van der Waals surface area contributed by atoms with Crippen LogP contribution in [0.1, 0.15) is 68.8 Å². The molecule has 2 rings (SSSR count). The second-order valence-electron chi connectivity index (χ2n) is 6.69. The molecule has 3 nitrogen and oxygen atoms in total. The van der Waals surface area contributed by atoms with E-state index in [2.05, 4.69) is 43.1 Å². The highest BCUT2D eigenvalue weighted by Crippen LogP contribution is 2.24. The van der Waals surface area contributed by atoms with E-state index in [1.165, 1.54) is 24.1 Å². The summed E-state index contributed by atoms with van der Waals surface area (Å²) in [5, 5.41) is 3.41. The molecule has 1 aromatic rings. The Morgan fingerprint density at radius 1 is 1.22 bits per heavy atom. The van der Waals surface area contributed by atoms with Gasteiger partial charge in [-0.05, 0) is 69.5 Å². The van der Waals surface area contributed by atoms with Gasteiger partial charge in [0.2, 0.25) is 0 Å². The second-order valence-corrected chi connectivity index (χ2v) is 6.69. The van der Waals surface area contributed by atoms with Crippen molar-refractivity contribution in [3.63, 3.8) is 0 Å². The number of nitrogens with one attached hydrogen (secondary N) is 1. The fraction of sp³-hybridized carbons (Fsp3) is 0.650. The Balaban J connectivity index is 2.09. The van der Waals surface area contributed by atoms with Crippen molar-refractivity contribution in [2.45, 2.75) is 65.3 Å². The molecule has 1 N–H and O–H groups in total. The summed E-state index contributed by atoms with van der Waals surface area (Å²) in [7, 11) is 0. The minimum absolute atomic E-state index is 0.0253. The summed E-state index contributed by atoms with van der Waals surface area (Å²) in [5.41, 5.74) is 3.37. The zero-order valence-electron chi connectivity index (χ0n) is 15.0. The van der Waals surface area contributed by atoms with Gasteiger partial charge in [0.25, 0.3) is 0 Å². The summed E-state index contributed by atoms with van der Waals surface area (Å²) in [5.74, 6) is 0.269. The van der Waals surface area contributed by atoms with Crippen molar-refractivity contribution >= 4 is 11.5 Å². The number of ketones is 1. The molecule has 3 heteroatoms. The number of hydrogen-bond acceptors (Lipinski definition) is 3.